The first-order chi connectivity index (χ1) is 8.63. The van der Waals surface area contributed by atoms with Gasteiger partial charge in [-0.1, -0.05) is 4.57 Å². The molecular formula is C13H19N3O2P+. The monoisotopic (exact) mass is 280 g/mol. The van der Waals surface area contributed by atoms with E-state index in [9.17, 15) is 9.36 Å². The smallest absolute Gasteiger partial charge is 0.352 e. The van der Waals surface area contributed by atoms with Gasteiger partial charge in [0.05, 0.1) is 22.5 Å². The third-order valence-corrected chi connectivity index (χ3v) is 4.39. The highest BCUT2D eigenvalue weighted by atomic mass is 31.1. The Morgan fingerprint density at radius 1 is 1.21 bits per heavy atom. The Labute approximate surface area is 114 Å². The number of nitrogens with zero attached hydrogens (tertiary/aromatic N) is 1. The average Bonchev–Trinajstić information content (AvgIpc) is 2.50. The first-order valence-corrected chi connectivity index (χ1v) is 6.97. The maximum absolute atomic E-state index is 12.6. The van der Waals surface area contributed by atoms with Gasteiger partial charge in [0.1, 0.15) is 0 Å². The van der Waals surface area contributed by atoms with Gasteiger partial charge >= 0.3 is 8.46 Å². The number of carbonyl (C=O) groups is 1. The van der Waals surface area contributed by atoms with E-state index in [2.05, 4.69) is 0 Å². The quantitative estimate of drug-likeness (QED) is 0.642. The normalized spacial score (nSPS) is 17.9. The number of nitrogens with two attached hydrogens (primary N) is 2. The maximum atomic E-state index is 12.6. The number of amides is 1. The van der Waals surface area contributed by atoms with Crippen molar-refractivity contribution >= 4 is 31.4 Å². The van der Waals surface area contributed by atoms with Crippen molar-refractivity contribution in [2.24, 2.45) is 0 Å². The molecule has 6 heteroatoms. The molecule has 1 amide bonds. The fourth-order valence-corrected chi connectivity index (χ4v) is 2.72. The highest BCUT2D eigenvalue weighted by molar-refractivity contribution is 7.26. The van der Waals surface area contributed by atoms with Gasteiger partial charge in [0, 0.05) is 13.8 Å². The minimum absolute atomic E-state index is 0.0825. The summed E-state index contributed by atoms with van der Waals surface area (Å²) < 4.78 is 11.4. The Bertz CT molecular complexity index is 581. The predicted molar refractivity (Wildman–Crippen MR) is 78.9 cm³/mol. The molecule has 0 bridgehead atoms. The fraction of sp³-hybridized carbons (Fsp3) is 0.462. The van der Waals surface area contributed by atoms with Crippen molar-refractivity contribution in [2.75, 3.05) is 16.4 Å². The lowest BCUT2D eigenvalue weighted by Crippen LogP contribution is -2.46. The van der Waals surface area contributed by atoms with Gasteiger partial charge in [-0.05, 0) is 31.5 Å². The number of hydrogen-bond acceptors (Lipinski definition) is 4. The summed E-state index contributed by atoms with van der Waals surface area (Å²) in [5, 5.41) is -0.762. The second kappa shape index (κ2) is 3.94. The molecule has 0 aromatic heterocycles. The van der Waals surface area contributed by atoms with Gasteiger partial charge in [0.2, 0.25) is 11.2 Å². The van der Waals surface area contributed by atoms with Crippen molar-refractivity contribution in [3.63, 3.8) is 0 Å². The second-order valence-electron chi connectivity index (χ2n) is 5.92. The lowest BCUT2D eigenvalue weighted by molar-refractivity contribution is -0.122. The Kier molecular flexibility index (Phi) is 2.86. The Hall–Kier alpha value is -1.61. The summed E-state index contributed by atoms with van der Waals surface area (Å²) in [7, 11) is -0.630. The molecule has 0 saturated carbocycles. The number of anilines is 3. The molecule has 1 unspecified atom stereocenters. The minimum atomic E-state index is -0.762. The van der Waals surface area contributed by atoms with Crippen molar-refractivity contribution in [3.8, 4) is 0 Å². The summed E-state index contributed by atoms with van der Waals surface area (Å²) in [6.45, 7) is 7.23. The van der Waals surface area contributed by atoms with Crippen LogP contribution < -0.4 is 16.4 Å². The van der Waals surface area contributed by atoms with Crippen LogP contribution in [0.4, 0.5) is 17.1 Å². The van der Waals surface area contributed by atoms with Gasteiger partial charge in [-0.2, -0.15) is 0 Å². The van der Waals surface area contributed by atoms with Crippen LogP contribution in [0, 0.1) is 0 Å². The molecule has 102 valence electrons. The first-order valence-electron chi connectivity index (χ1n) is 6.06. The highest BCUT2D eigenvalue weighted by Crippen LogP contribution is 2.48. The Balaban J connectivity index is 2.74. The Morgan fingerprint density at radius 3 is 2.26 bits per heavy atom. The molecule has 1 atom stereocenters. The molecule has 1 aromatic carbocycles. The van der Waals surface area contributed by atoms with Crippen molar-refractivity contribution in [1.29, 1.82) is 0 Å². The van der Waals surface area contributed by atoms with Gasteiger partial charge in [-0.25, -0.2) is 0 Å². The SMILES string of the molecule is CC1(C)C(=O)N(C(C)(C)[PH+]=O)c2cc(N)c(N)cc21. The lowest BCUT2D eigenvalue weighted by atomic mass is 9.86. The zero-order valence-electron chi connectivity index (χ0n) is 11.6. The van der Waals surface area contributed by atoms with Crippen LogP contribution in [0.3, 0.4) is 0 Å². The molecule has 4 N–H and O–H groups in total. The summed E-state index contributed by atoms with van der Waals surface area (Å²) in [5.74, 6) is -0.0825. The number of nitrogen functional groups attached to an aromatic ring is 2. The van der Waals surface area contributed by atoms with E-state index in [0.29, 0.717) is 17.1 Å². The van der Waals surface area contributed by atoms with Crippen LogP contribution in [0.2, 0.25) is 0 Å². The van der Waals surface area contributed by atoms with Crippen molar-refractivity contribution < 1.29 is 9.36 Å². The Morgan fingerprint density at radius 2 is 1.74 bits per heavy atom. The maximum Gasteiger partial charge on any atom is 0.352 e. The van der Waals surface area contributed by atoms with Gasteiger partial charge in [0.25, 0.3) is 0 Å². The van der Waals surface area contributed by atoms with E-state index in [4.69, 9.17) is 11.5 Å². The minimum Gasteiger partial charge on any atom is -0.397 e. The molecular weight excluding hydrogens is 261 g/mol. The number of hydrogen-bond donors (Lipinski definition) is 2. The van der Waals surface area contributed by atoms with Crippen LogP contribution in [0.25, 0.3) is 0 Å². The third kappa shape index (κ3) is 1.80. The van der Waals surface area contributed by atoms with Crippen LogP contribution in [-0.2, 0) is 14.8 Å². The average molecular weight is 280 g/mol. The molecule has 1 aliphatic heterocycles. The van der Waals surface area contributed by atoms with Crippen LogP contribution in [0.5, 0.6) is 0 Å². The fourth-order valence-electron chi connectivity index (χ4n) is 2.41. The van der Waals surface area contributed by atoms with Crippen molar-refractivity contribution in [1.82, 2.24) is 0 Å². The van der Waals surface area contributed by atoms with Gasteiger partial charge in [0.15, 0.2) is 0 Å². The van der Waals surface area contributed by atoms with E-state index in [-0.39, 0.29) is 5.91 Å². The summed E-state index contributed by atoms with van der Waals surface area (Å²) >= 11 is 0. The van der Waals surface area contributed by atoms with E-state index in [0.717, 1.165) is 5.56 Å². The predicted octanol–water partition coefficient (Wildman–Crippen LogP) is 2.24. The standard InChI is InChI=1S/C13H18N3O2P/c1-12(2)7-5-8(14)9(15)6-10(7)16(11(12)17)13(3,4)19-18/h5-6H,14-15H2,1-4H3/p+1. The zero-order chi connectivity index (χ0) is 14.6. The van der Waals surface area contributed by atoms with Gasteiger partial charge in [-0.15, -0.1) is 0 Å². The zero-order valence-corrected chi connectivity index (χ0v) is 12.6. The molecule has 0 saturated heterocycles. The molecule has 1 aromatic rings. The third-order valence-electron chi connectivity index (χ3n) is 3.66. The molecule has 1 heterocycles. The number of carbonyl (C=O) groups excluding carboxylic acids is 1. The summed E-state index contributed by atoms with van der Waals surface area (Å²) in [6.07, 6.45) is 0. The van der Waals surface area contributed by atoms with Gasteiger partial charge in [-0.3, -0.25) is 9.69 Å². The molecule has 2 rings (SSSR count). The second-order valence-corrected chi connectivity index (χ2v) is 7.35. The summed E-state index contributed by atoms with van der Waals surface area (Å²) in [5.41, 5.74) is 13.4. The summed E-state index contributed by atoms with van der Waals surface area (Å²) in [4.78, 5) is 14.2. The number of benzene rings is 1. The first kappa shape index (κ1) is 13.8. The van der Waals surface area contributed by atoms with E-state index in [1.807, 2.05) is 13.8 Å². The van der Waals surface area contributed by atoms with Crippen molar-refractivity contribution in [3.05, 3.63) is 17.7 Å². The molecule has 0 fully saturated rings. The molecule has 19 heavy (non-hydrogen) atoms. The van der Waals surface area contributed by atoms with Crippen molar-refractivity contribution in [2.45, 2.75) is 38.4 Å². The van der Waals surface area contributed by atoms with E-state index in [1.165, 1.54) is 0 Å². The van der Waals surface area contributed by atoms with E-state index >= 15 is 0 Å². The van der Waals surface area contributed by atoms with Crippen LogP contribution >= 0.6 is 8.46 Å². The van der Waals surface area contributed by atoms with Crippen LogP contribution in [0.1, 0.15) is 33.3 Å². The molecule has 1 aliphatic rings. The lowest BCUT2D eigenvalue weighted by Gasteiger charge is -2.26. The van der Waals surface area contributed by atoms with Gasteiger partial charge < -0.3 is 11.5 Å². The molecule has 5 nitrogen and oxygen atoms in total. The van der Waals surface area contributed by atoms with Crippen LogP contribution in [0.15, 0.2) is 12.1 Å². The summed E-state index contributed by atoms with van der Waals surface area (Å²) in [6, 6.07) is 3.44. The number of fused-ring (bicyclic) bond motifs is 1. The highest BCUT2D eigenvalue weighted by Gasteiger charge is 2.52. The van der Waals surface area contributed by atoms with Crippen LogP contribution in [-0.4, -0.2) is 11.2 Å². The number of rotatable bonds is 2. The molecule has 0 radical (unpaired) electrons. The van der Waals surface area contributed by atoms with E-state index in [1.54, 1.807) is 30.9 Å². The largest absolute Gasteiger partial charge is 0.397 e. The van der Waals surface area contributed by atoms with E-state index < -0.39 is 19.2 Å². The topological polar surface area (TPSA) is 89.4 Å². The molecule has 0 spiro atoms. The molecule has 0 aliphatic carbocycles.